The van der Waals surface area contributed by atoms with Crippen molar-refractivity contribution in [3.63, 3.8) is 0 Å². The fourth-order valence-corrected chi connectivity index (χ4v) is 0.933. The molecule has 0 aliphatic heterocycles. The van der Waals surface area contributed by atoms with E-state index < -0.39 is 12.0 Å². The predicted octanol–water partition coefficient (Wildman–Crippen LogP) is -0.382. The number of rotatable bonds is 3. The predicted molar refractivity (Wildman–Crippen MR) is 48.0 cm³/mol. The lowest BCUT2D eigenvalue weighted by molar-refractivity contribution is -0.138. The molecule has 1 aromatic rings. The van der Waals surface area contributed by atoms with Gasteiger partial charge in [-0.1, -0.05) is 0 Å². The molecule has 1 rings (SSSR count). The average Bonchev–Trinajstić information content (AvgIpc) is 2.08. The van der Waals surface area contributed by atoms with E-state index in [1.54, 1.807) is 12.3 Å². The summed E-state index contributed by atoms with van der Waals surface area (Å²) in [6.07, 6.45) is 3.28. The summed E-state index contributed by atoms with van der Waals surface area (Å²) >= 11 is 0. The van der Waals surface area contributed by atoms with Gasteiger partial charge >= 0.3 is 5.97 Å². The van der Waals surface area contributed by atoms with Gasteiger partial charge in [0.25, 0.3) is 0 Å². The number of carboxylic acids is 1. The highest BCUT2D eigenvalue weighted by Crippen LogP contribution is 2.10. The Balaban J connectivity index is 2.74. The second-order valence-corrected chi connectivity index (χ2v) is 2.72. The first-order valence-corrected chi connectivity index (χ1v) is 3.78. The van der Waals surface area contributed by atoms with Gasteiger partial charge in [0.15, 0.2) is 0 Å². The molecule has 5 heteroatoms. The number of anilines is 1. The Labute approximate surface area is 75.4 Å². The van der Waals surface area contributed by atoms with Crippen LogP contribution in [-0.4, -0.2) is 22.1 Å². The lowest BCUT2D eigenvalue weighted by Crippen LogP contribution is -2.32. The largest absolute Gasteiger partial charge is 0.480 e. The Hall–Kier alpha value is -1.62. The van der Waals surface area contributed by atoms with E-state index in [0.29, 0.717) is 11.3 Å². The van der Waals surface area contributed by atoms with Crippen LogP contribution in [-0.2, 0) is 11.2 Å². The van der Waals surface area contributed by atoms with Crippen LogP contribution in [0.25, 0.3) is 0 Å². The van der Waals surface area contributed by atoms with Gasteiger partial charge in [-0.25, -0.2) is 0 Å². The van der Waals surface area contributed by atoms with E-state index >= 15 is 0 Å². The van der Waals surface area contributed by atoms with Gasteiger partial charge in [0, 0.05) is 24.5 Å². The first-order chi connectivity index (χ1) is 6.11. The third-order valence-corrected chi connectivity index (χ3v) is 1.70. The highest BCUT2D eigenvalue weighted by atomic mass is 16.4. The van der Waals surface area contributed by atoms with Gasteiger partial charge in [0.2, 0.25) is 0 Å². The van der Waals surface area contributed by atoms with Gasteiger partial charge in [0.1, 0.15) is 6.04 Å². The van der Waals surface area contributed by atoms with E-state index in [4.69, 9.17) is 16.6 Å². The normalized spacial score (nSPS) is 12.4. The molecule has 13 heavy (non-hydrogen) atoms. The van der Waals surface area contributed by atoms with Crippen molar-refractivity contribution >= 4 is 11.7 Å². The Morgan fingerprint density at radius 2 is 2.38 bits per heavy atom. The molecule has 70 valence electrons. The molecule has 0 unspecified atom stereocenters. The van der Waals surface area contributed by atoms with Crippen molar-refractivity contribution in [2.75, 3.05) is 5.73 Å². The lowest BCUT2D eigenvalue weighted by Gasteiger charge is -2.07. The topological polar surface area (TPSA) is 102 Å². The maximum Gasteiger partial charge on any atom is 0.320 e. The summed E-state index contributed by atoms with van der Waals surface area (Å²) in [6, 6.07) is 0.690. The third kappa shape index (κ3) is 2.41. The minimum atomic E-state index is -1.04. The monoisotopic (exact) mass is 181 g/mol. The maximum absolute atomic E-state index is 10.4. The second kappa shape index (κ2) is 3.86. The van der Waals surface area contributed by atoms with E-state index in [9.17, 15) is 4.79 Å². The van der Waals surface area contributed by atoms with Crippen molar-refractivity contribution in [1.82, 2.24) is 4.98 Å². The molecule has 5 N–H and O–H groups in total. The molecule has 0 aliphatic rings. The van der Waals surface area contributed by atoms with Crippen molar-refractivity contribution in [1.29, 1.82) is 0 Å². The van der Waals surface area contributed by atoms with E-state index in [-0.39, 0.29) is 6.42 Å². The van der Waals surface area contributed by atoms with Crippen LogP contribution in [0.2, 0.25) is 0 Å². The first kappa shape index (κ1) is 9.47. The van der Waals surface area contributed by atoms with E-state index in [1.807, 2.05) is 0 Å². The van der Waals surface area contributed by atoms with Gasteiger partial charge in [-0.15, -0.1) is 0 Å². The Morgan fingerprint density at radius 3 is 2.92 bits per heavy atom. The zero-order valence-electron chi connectivity index (χ0n) is 6.97. The summed E-state index contributed by atoms with van der Waals surface area (Å²) in [5.41, 5.74) is 12.1. The highest BCUT2D eigenvalue weighted by Gasteiger charge is 2.13. The van der Waals surface area contributed by atoms with Crippen LogP contribution in [0.4, 0.5) is 5.69 Å². The molecule has 1 atom stereocenters. The molecule has 1 heterocycles. The van der Waals surface area contributed by atoms with Crippen LogP contribution in [0, 0.1) is 0 Å². The molecule has 0 spiro atoms. The summed E-state index contributed by atoms with van der Waals surface area (Å²) in [6.45, 7) is 0. The van der Waals surface area contributed by atoms with Crippen LogP contribution < -0.4 is 11.5 Å². The third-order valence-electron chi connectivity index (χ3n) is 1.70. The lowest BCUT2D eigenvalue weighted by atomic mass is 10.1. The number of nitrogen functional groups attached to an aromatic ring is 1. The molecule has 0 aromatic carbocycles. The summed E-state index contributed by atoms with van der Waals surface area (Å²) in [5.74, 6) is -1.04. The molecule has 0 saturated heterocycles. The van der Waals surface area contributed by atoms with Crippen molar-refractivity contribution in [3.05, 3.63) is 24.0 Å². The summed E-state index contributed by atoms with van der Waals surface area (Å²) in [7, 11) is 0. The van der Waals surface area contributed by atoms with Gasteiger partial charge in [0.05, 0.1) is 0 Å². The standard InChI is InChI=1S/C8H11N3O2/c9-6-1-2-11-4-5(6)3-7(10)8(12)13/h1-2,4,7H,3,10H2,(H2,9,11)(H,12,13)/t7-/m0/s1. The van der Waals surface area contributed by atoms with E-state index in [2.05, 4.69) is 4.98 Å². The van der Waals surface area contributed by atoms with Gasteiger partial charge in [-0.05, 0) is 11.6 Å². The smallest absolute Gasteiger partial charge is 0.320 e. The number of aliphatic carboxylic acids is 1. The number of carboxylic acid groups (broad SMARTS) is 1. The fraction of sp³-hybridized carbons (Fsp3) is 0.250. The van der Waals surface area contributed by atoms with Crippen LogP contribution in [0.3, 0.4) is 0 Å². The SMILES string of the molecule is Nc1ccncc1C[C@H](N)C(=O)O. The van der Waals surface area contributed by atoms with Crippen molar-refractivity contribution in [3.8, 4) is 0 Å². The molecule has 5 nitrogen and oxygen atoms in total. The minimum Gasteiger partial charge on any atom is -0.480 e. The minimum absolute atomic E-state index is 0.203. The molecular formula is C8H11N3O2. The first-order valence-electron chi connectivity index (χ1n) is 3.78. The number of hydrogen-bond donors (Lipinski definition) is 3. The Bertz CT molecular complexity index is 314. The van der Waals surface area contributed by atoms with Crippen molar-refractivity contribution in [2.24, 2.45) is 5.73 Å². The number of pyridine rings is 1. The quantitative estimate of drug-likeness (QED) is 0.589. The van der Waals surface area contributed by atoms with Gasteiger partial charge in [-0.3, -0.25) is 9.78 Å². The number of carbonyl (C=O) groups is 1. The number of hydrogen-bond acceptors (Lipinski definition) is 4. The zero-order chi connectivity index (χ0) is 9.84. The second-order valence-electron chi connectivity index (χ2n) is 2.72. The highest BCUT2D eigenvalue weighted by molar-refractivity contribution is 5.73. The average molecular weight is 181 g/mol. The fourth-order valence-electron chi connectivity index (χ4n) is 0.933. The Morgan fingerprint density at radius 1 is 1.69 bits per heavy atom. The molecule has 0 amide bonds. The van der Waals surface area contributed by atoms with Crippen LogP contribution in [0.1, 0.15) is 5.56 Å². The molecule has 0 fully saturated rings. The van der Waals surface area contributed by atoms with Crippen LogP contribution in [0.5, 0.6) is 0 Å². The Kier molecular flexibility index (Phi) is 2.81. The molecular weight excluding hydrogens is 170 g/mol. The molecule has 0 saturated carbocycles. The van der Waals surface area contributed by atoms with Crippen LogP contribution >= 0.6 is 0 Å². The number of nitrogens with zero attached hydrogens (tertiary/aromatic N) is 1. The summed E-state index contributed by atoms with van der Waals surface area (Å²) < 4.78 is 0. The molecule has 1 aromatic heterocycles. The van der Waals surface area contributed by atoms with E-state index in [0.717, 1.165) is 0 Å². The van der Waals surface area contributed by atoms with Gasteiger partial charge < -0.3 is 16.6 Å². The van der Waals surface area contributed by atoms with Crippen LogP contribution in [0.15, 0.2) is 18.5 Å². The van der Waals surface area contributed by atoms with E-state index in [1.165, 1.54) is 6.20 Å². The van der Waals surface area contributed by atoms with Crippen molar-refractivity contribution < 1.29 is 9.90 Å². The number of nitrogens with two attached hydrogens (primary N) is 2. The molecule has 0 radical (unpaired) electrons. The summed E-state index contributed by atoms with van der Waals surface area (Å²) in [4.78, 5) is 14.3. The molecule has 0 aliphatic carbocycles. The zero-order valence-corrected chi connectivity index (χ0v) is 6.97. The van der Waals surface area contributed by atoms with Gasteiger partial charge in [-0.2, -0.15) is 0 Å². The molecule has 0 bridgehead atoms. The van der Waals surface area contributed by atoms with Crippen molar-refractivity contribution in [2.45, 2.75) is 12.5 Å². The number of aromatic nitrogens is 1. The summed E-state index contributed by atoms with van der Waals surface area (Å²) in [5, 5.41) is 8.55. The maximum atomic E-state index is 10.4.